The predicted octanol–water partition coefficient (Wildman–Crippen LogP) is 4.00. The summed E-state index contributed by atoms with van der Waals surface area (Å²) in [5, 5.41) is 2.24. The molecule has 0 saturated carbocycles. The van der Waals surface area contributed by atoms with Gasteiger partial charge in [-0.25, -0.2) is 0 Å². The van der Waals surface area contributed by atoms with Crippen molar-refractivity contribution in [1.29, 1.82) is 0 Å². The number of fused-ring (bicyclic) bond motifs is 3. The number of rotatable bonds is 5. The van der Waals surface area contributed by atoms with Gasteiger partial charge in [-0.3, -0.25) is 14.5 Å². The summed E-state index contributed by atoms with van der Waals surface area (Å²) in [7, 11) is 1.70. The number of ether oxygens (including phenoxy) is 1. The van der Waals surface area contributed by atoms with E-state index in [2.05, 4.69) is 45.2 Å². The molecule has 0 spiro atoms. The number of aromatic nitrogens is 1. The van der Waals surface area contributed by atoms with Crippen LogP contribution in [0.15, 0.2) is 57.5 Å². The fourth-order valence-corrected chi connectivity index (χ4v) is 7.05. The number of pyridine rings is 1. The van der Waals surface area contributed by atoms with E-state index >= 15 is 0 Å². The Labute approximate surface area is 208 Å². The maximum atomic E-state index is 13.8. The van der Waals surface area contributed by atoms with Crippen LogP contribution in [0.25, 0.3) is 5.69 Å². The van der Waals surface area contributed by atoms with Crippen LogP contribution in [0, 0.1) is 6.92 Å². The molecule has 6 nitrogen and oxygen atoms in total. The van der Waals surface area contributed by atoms with Crippen LogP contribution in [0.3, 0.4) is 0 Å². The molecule has 0 radical (unpaired) electrons. The van der Waals surface area contributed by atoms with Crippen molar-refractivity contribution < 1.29 is 9.53 Å². The highest BCUT2D eigenvalue weighted by atomic mass is 32.2. The molecule has 0 bridgehead atoms. The van der Waals surface area contributed by atoms with Gasteiger partial charge in [-0.05, 0) is 30.5 Å². The maximum Gasteiger partial charge on any atom is 0.259 e. The molecule has 4 heterocycles. The molecule has 1 atom stereocenters. The van der Waals surface area contributed by atoms with Crippen LogP contribution in [-0.4, -0.2) is 66.7 Å². The minimum atomic E-state index is -0.176. The number of para-hydroxylation sites is 1. The Morgan fingerprint density at radius 3 is 2.65 bits per heavy atom. The number of piperazine rings is 1. The van der Waals surface area contributed by atoms with E-state index in [-0.39, 0.29) is 16.6 Å². The molecule has 0 unspecified atom stereocenters. The molecule has 2 aromatic heterocycles. The maximum absolute atomic E-state index is 13.8. The van der Waals surface area contributed by atoms with Gasteiger partial charge >= 0.3 is 0 Å². The number of nitrogens with zero attached hydrogens (tertiary/aromatic N) is 3. The summed E-state index contributed by atoms with van der Waals surface area (Å²) in [6.45, 7) is 6.33. The Kier molecular flexibility index (Phi) is 6.92. The second-order valence-corrected chi connectivity index (χ2v) is 11.0. The molecule has 0 N–H and O–H groups in total. The van der Waals surface area contributed by atoms with Gasteiger partial charge in [-0.1, -0.05) is 18.2 Å². The molecule has 0 aliphatic carbocycles. The van der Waals surface area contributed by atoms with Crippen LogP contribution < -0.4 is 5.43 Å². The fourth-order valence-electron chi connectivity index (χ4n) is 4.85. The van der Waals surface area contributed by atoms with Crippen molar-refractivity contribution in [3.05, 3.63) is 79.9 Å². The minimum absolute atomic E-state index is 0.144. The zero-order valence-electron chi connectivity index (χ0n) is 19.5. The lowest BCUT2D eigenvalue weighted by Crippen LogP contribution is -2.50. The van der Waals surface area contributed by atoms with E-state index in [9.17, 15) is 9.59 Å². The number of amides is 1. The highest BCUT2D eigenvalue weighted by Crippen LogP contribution is 2.45. The van der Waals surface area contributed by atoms with Crippen molar-refractivity contribution in [2.45, 2.75) is 23.5 Å². The summed E-state index contributed by atoms with van der Waals surface area (Å²) in [5.41, 5.74) is 2.88. The third-order valence-electron chi connectivity index (χ3n) is 6.60. The van der Waals surface area contributed by atoms with Crippen LogP contribution >= 0.6 is 23.1 Å². The molecule has 5 rings (SSSR count). The van der Waals surface area contributed by atoms with Crippen molar-refractivity contribution in [1.82, 2.24) is 14.4 Å². The second-order valence-electron chi connectivity index (χ2n) is 8.73. The van der Waals surface area contributed by atoms with Crippen LogP contribution in [0.4, 0.5) is 0 Å². The van der Waals surface area contributed by atoms with Gasteiger partial charge in [0, 0.05) is 78.7 Å². The predicted molar refractivity (Wildman–Crippen MR) is 138 cm³/mol. The molecule has 1 aromatic carbocycles. The number of thiophene rings is 1. The van der Waals surface area contributed by atoms with Crippen molar-refractivity contribution in [2.24, 2.45) is 0 Å². The lowest BCUT2D eigenvalue weighted by molar-refractivity contribution is 0.0591. The van der Waals surface area contributed by atoms with Crippen LogP contribution in [0.2, 0.25) is 0 Å². The average Bonchev–Trinajstić information content (AvgIpc) is 3.32. The van der Waals surface area contributed by atoms with Gasteiger partial charge in [0.15, 0.2) is 5.43 Å². The van der Waals surface area contributed by atoms with E-state index in [0.717, 1.165) is 41.6 Å². The van der Waals surface area contributed by atoms with Gasteiger partial charge in [-0.15, -0.1) is 23.1 Å². The van der Waals surface area contributed by atoms with E-state index in [1.165, 1.54) is 4.88 Å². The molecule has 8 heteroatoms. The molecule has 2 aliphatic rings. The van der Waals surface area contributed by atoms with Gasteiger partial charge in [-0.2, -0.15) is 0 Å². The average molecular weight is 496 g/mol. The Morgan fingerprint density at radius 2 is 1.91 bits per heavy atom. The molecule has 1 amide bonds. The third kappa shape index (κ3) is 4.47. The number of thioether (sulfide) groups is 1. The molecular weight excluding hydrogens is 466 g/mol. The number of carbonyl (C=O) groups excluding carboxylic acids is 1. The van der Waals surface area contributed by atoms with Gasteiger partial charge in [0.2, 0.25) is 0 Å². The molecule has 1 fully saturated rings. The Morgan fingerprint density at radius 1 is 1.12 bits per heavy atom. The van der Waals surface area contributed by atoms with Crippen molar-refractivity contribution in [2.75, 3.05) is 46.4 Å². The second kappa shape index (κ2) is 10.1. The standard InChI is InChI=1S/C26H29N3O3S2/c1-18-16-21(30)25(26(31)28-11-9-27(10-12-28)13-14-32-2)20-17-24(23-8-5-15-33-23)34-22-7-4-3-6-19(22)29(18)20/h3-8,15-16,24H,9-14,17H2,1-2H3/t24-/m0/s1. The van der Waals surface area contributed by atoms with Gasteiger partial charge in [0.25, 0.3) is 5.91 Å². The first kappa shape index (κ1) is 23.4. The van der Waals surface area contributed by atoms with E-state index in [1.807, 2.05) is 29.7 Å². The van der Waals surface area contributed by atoms with Crippen LogP contribution in [0.5, 0.6) is 0 Å². The highest BCUT2D eigenvalue weighted by molar-refractivity contribution is 7.99. The van der Waals surface area contributed by atoms with Crippen LogP contribution in [-0.2, 0) is 11.2 Å². The van der Waals surface area contributed by atoms with Gasteiger partial charge in [0.05, 0.1) is 12.3 Å². The van der Waals surface area contributed by atoms with E-state index in [4.69, 9.17) is 4.74 Å². The topological polar surface area (TPSA) is 54.8 Å². The first-order chi connectivity index (χ1) is 16.6. The number of methoxy groups -OCH3 is 1. The summed E-state index contributed by atoms with van der Waals surface area (Å²) in [5.74, 6) is -0.144. The van der Waals surface area contributed by atoms with Crippen molar-refractivity contribution >= 4 is 29.0 Å². The van der Waals surface area contributed by atoms with Gasteiger partial charge in [0.1, 0.15) is 5.56 Å². The molecule has 3 aromatic rings. The first-order valence-corrected chi connectivity index (χ1v) is 13.4. The Hall–Kier alpha value is -2.39. The molecular formula is C26H29N3O3S2. The van der Waals surface area contributed by atoms with Crippen LogP contribution in [0.1, 0.15) is 31.9 Å². The van der Waals surface area contributed by atoms with Crippen molar-refractivity contribution in [3.8, 4) is 5.69 Å². The van der Waals surface area contributed by atoms with Gasteiger partial charge < -0.3 is 14.2 Å². The summed E-state index contributed by atoms with van der Waals surface area (Å²) in [6.07, 6.45) is 0.631. The number of hydrogen-bond acceptors (Lipinski definition) is 6. The normalized spacial score (nSPS) is 18.3. The summed E-state index contributed by atoms with van der Waals surface area (Å²) in [4.78, 5) is 33.7. The summed E-state index contributed by atoms with van der Waals surface area (Å²) >= 11 is 3.54. The fraction of sp³-hybridized carbons (Fsp3) is 0.385. The molecule has 1 saturated heterocycles. The quantitative estimate of drug-likeness (QED) is 0.536. The summed E-state index contributed by atoms with van der Waals surface area (Å²) < 4.78 is 7.33. The van der Waals surface area contributed by atoms with E-state index in [1.54, 1.807) is 24.5 Å². The summed E-state index contributed by atoms with van der Waals surface area (Å²) in [6, 6.07) is 14.1. The molecule has 178 valence electrons. The Bertz CT molecular complexity index is 1230. The number of carbonyl (C=O) groups is 1. The first-order valence-electron chi connectivity index (χ1n) is 11.6. The van der Waals surface area contributed by atoms with E-state index in [0.29, 0.717) is 31.7 Å². The smallest absolute Gasteiger partial charge is 0.259 e. The highest BCUT2D eigenvalue weighted by Gasteiger charge is 2.32. The monoisotopic (exact) mass is 495 g/mol. The lowest BCUT2D eigenvalue weighted by atomic mass is 10.0. The SMILES string of the molecule is COCCN1CCN(C(=O)c2c3n(c(C)cc2=O)-c2ccccc2S[C@H](c2cccs2)C3)CC1. The zero-order valence-corrected chi connectivity index (χ0v) is 21.2. The lowest BCUT2D eigenvalue weighted by Gasteiger charge is -2.35. The minimum Gasteiger partial charge on any atom is -0.383 e. The Balaban J connectivity index is 1.56. The van der Waals surface area contributed by atoms with Crippen molar-refractivity contribution in [3.63, 3.8) is 0 Å². The molecule has 34 heavy (non-hydrogen) atoms. The van der Waals surface area contributed by atoms with E-state index < -0.39 is 0 Å². The zero-order chi connectivity index (χ0) is 23.7. The molecule has 2 aliphatic heterocycles. The third-order valence-corrected chi connectivity index (χ3v) is 9.04. The number of aryl methyl sites for hydroxylation is 1. The largest absolute Gasteiger partial charge is 0.383 e. The number of benzene rings is 1. The number of hydrogen-bond donors (Lipinski definition) is 0.